The van der Waals surface area contributed by atoms with Crippen LogP contribution in [0.15, 0.2) is 47.9 Å². The van der Waals surface area contributed by atoms with Gasteiger partial charge in [0, 0.05) is 16.1 Å². The van der Waals surface area contributed by atoms with Gasteiger partial charge in [-0.1, -0.05) is 17.7 Å². The molecule has 3 N–H and O–H groups in total. The second kappa shape index (κ2) is 6.43. The summed E-state index contributed by atoms with van der Waals surface area (Å²) in [6.07, 6.45) is 0. The molecule has 0 aliphatic carbocycles. The van der Waals surface area contributed by atoms with Crippen molar-refractivity contribution in [3.8, 4) is 34.7 Å². The van der Waals surface area contributed by atoms with E-state index in [1.807, 2.05) is 6.07 Å². The Labute approximate surface area is 169 Å². The Morgan fingerprint density at radius 1 is 1.21 bits per heavy atom. The number of nitrogens with zero attached hydrogens (tertiary/aromatic N) is 2. The number of nitrogens with one attached hydrogen (secondary N) is 1. The van der Waals surface area contributed by atoms with Crippen molar-refractivity contribution >= 4 is 11.6 Å². The largest absolute Gasteiger partial charge is 0.454 e. The van der Waals surface area contributed by atoms with Gasteiger partial charge in [0.2, 0.25) is 18.6 Å². The van der Waals surface area contributed by atoms with Crippen LogP contribution in [0, 0.1) is 17.1 Å². The zero-order valence-electron chi connectivity index (χ0n) is 14.7. The maximum absolute atomic E-state index is 14.8. The molecule has 0 saturated carbocycles. The standard InChI is InChI=1S/C20H12ClFN4O3/c21-11-2-1-3-12(22)16(11)15-10(7-23)19(24)29-20-17(15)18(25-26-20)9-4-5-13-14(6-9)28-8-27-13/h1-6,15H,8,24H2,(H,25,26)/t15-/m1/s1. The summed E-state index contributed by atoms with van der Waals surface area (Å²) in [4.78, 5) is 0. The Bertz CT molecular complexity index is 1210. The number of nitrogens with two attached hydrogens (primary N) is 1. The van der Waals surface area contributed by atoms with Crippen LogP contribution in [-0.4, -0.2) is 17.0 Å². The van der Waals surface area contributed by atoms with Crippen molar-refractivity contribution < 1.29 is 18.6 Å². The van der Waals surface area contributed by atoms with E-state index in [0.29, 0.717) is 28.3 Å². The number of benzene rings is 2. The SMILES string of the molecule is N#CC1=C(N)Oc2n[nH]c(-c3ccc4c(c3)OCO4)c2[C@H]1c1c(F)cccc1Cl. The van der Waals surface area contributed by atoms with Gasteiger partial charge in [0.1, 0.15) is 17.5 Å². The summed E-state index contributed by atoms with van der Waals surface area (Å²) < 4.78 is 31.1. The number of ether oxygens (including phenoxy) is 3. The third kappa shape index (κ3) is 2.59. The van der Waals surface area contributed by atoms with E-state index in [0.717, 1.165) is 0 Å². The molecular weight excluding hydrogens is 399 g/mol. The van der Waals surface area contributed by atoms with Crippen LogP contribution in [0.1, 0.15) is 17.0 Å². The minimum Gasteiger partial charge on any atom is -0.454 e. The summed E-state index contributed by atoms with van der Waals surface area (Å²) in [6, 6.07) is 11.7. The molecule has 2 aliphatic rings. The Balaban J connectivity index is 1.75. The molecule has 0 bridgehead atoms. The highest BCUT2D eigenvalue weighted by atomic mass is 35.5. The minimum atomic E-state index is -0.892. The van der Waals surface area contributed by atoms with Gasteiger partial charge in [-0.3, -0.25) is 5.10 Å². The van der Waals surface area contributed by atoms with Gasteiger partial charge in [0.15, 0.2) is 11.5 Å². The van der Waals surface area contributed by atoms with E-state index in [1.165, 1.54) is 12.1 Å². The van der Waals surface area contributed by atoms with Gasteiger partial charge in [0.05, 0.1) is 17.2 Å². The van der Waals surface area contributed by atoms with Crippen LogP contribution in [0.2, 0.25) is 5.02 Å². The third-order valence-corrected chi connectivity index (χ3v) is 5.22. The number of hydrogen-bond acceptors (Lipinski definition) is 6. The second-order valence-corrected chi connectivity index (χ2v) is 6.85. The smallest absolute Gasteiger partial charge is 0.244 e. The first-order valence-corrected chi connectivity index (χ1v) is 8.96. The normalized spacial score (nSPS) is 16.9. The highest BCUT2D eigenvalue weighted by Gasteiger charge is 2.38. The molecule has 2 aromatic carbocycles. The molecule has 0 radical (unpaired) electrons. The van der Waals surface area contributed by atoms with Crippen molar-refractivity contribution in [2.24, 2.45) is 5.73 Å². The van der Waals surface area contributed by atoms with E-state index >= 15 is 0 Å². The molecule has 5 rings (SSSR count). The lowest BCUT2D eigenvalue weighted by Crippen LogP contribution is -2.21. The van der Waals surface area contributed by atoms with E-state index in [9.17, 15) is 9.65 Å². The molecule has 0 spiro atoms. The Kier molecular flexibility index (Phi) is 3.86. The molecule has 0 fully saturated rings. The first kappa shape index (κ1) is 17.4. The first-order valence-electron chi connectivity index (χ1n) is 8.58. The fourth-order valence-corrected chi connectivity index (χ4v) is 3.86. The monoisotopic (exact) mass is 410 g/mol. The van der Waals surface area contributed by atoms with Crippen LogP contribution in [0.5, 0.6) is 17.4 Å². The van der Waals surface area contributed by atoms with Crippen molar-refractivity contribution in [3.05, 3.63) is 69.8 Å². The predicted molar refractivity (Wildman–Crippen MR) is 101 cm³/mol. The van der Waals surface area contributed by atoms with Crippen molar-refractivity contribution in [3.63, 3.8) is 0 Å². The molecule has 7 nitrogen and oxygen atoms in total. The van der Waals surface area contributed by atoms with Crippen LogP contribution in [-0.2, 0) is 0 Å². The van der Waals surface area contributed by atoms with Crippen LogP contribution >= 0.6 is 11.6 Å². The summed E-state index contributed by atoms with van der Waals surface area (Å²) in [5.41, 5.74) is 7.79. The van der Waals surface area contributed by atoms with Crippen molar-refractivity contribution in [2.75, 3.05) is 6.79 Å². The topological polar surface area (TPSA) is 106 Å². The summed E-state index contributed by atoms with van der Waals surface area (Å²) in [7, 11) is 0. The zero-order valence-corrected chi connectivity index (χ0v) is 15.5. The van der Waals surface area contributed by atoms with Crippen molar-refractivity contribution in [1.82, 2.24) is 10.2 Å². The first-order chi connectivity index (χ1) is 14.1. The number of halogens is 2. The molecular formula is C20H12ClFN4O3. The predicted octanol–water partition coefficient (Wildman–Crippen LogP) is 3.82. The number of H-pyrrole nitrogens is 1. The molecule has 3 aromatic rings. The fourth-order valence-electron chi connectivity index (χ4n) is 3.59. The summed E-state index contributed by atoms with van der Waals surface area (Å²) in [6.45, 7) is 0.133. The maximum atomic E-state index is 14.8. The molecule has 2 aliphatic heterocycles. The van der Waals surface area contributed by atoms with Crippen molar-refractivity contribution in [1.29, 1.82) is 5.26 Å². The molecule has 0 amide bonds. The van der Waals surface area contributed by atoms with E-state index in [2.05, 4.69) is 10.2 Å². The van der Waals surface area contributed by atoms with Gasteiger partial charge in [-0.25, -0.2) is 4.39 Å². The molecule has 3 heterocycles. The van der Waals surface area contributed by atoms with Gasteiger partial charge >= 0.3 is 0 Å². The lowest BCUT2D eigenvalue weighted by Gasteiger charge is -2.25. The quantitative estimate of drug-likeness (QED) is 0.665. The summed E-state index contributed by atoms with van der Waals surface area (Å²) in [5, 5.41) is 17.0. The van der Waals surface area contributed by atoms with Gasteiger partial charge in [-0.05, 0) is 30.3 Å². The maximum Gasteiger partial charge on any atom is 0.244 e. The Morgan fingerprint density at radius 3 is 2.83 bits per heavy atom. The Morgan fingerprint density at radius 2 is 2.03 bits per heavy atom. The number of hydrogen-bond donors (Lipinski definition) is 2. The van der Waals surface area contributed by atoms with E-state index < -0.39 is 11.7 Å². The summed E-state index contributed by atoms with van der Waals surface area (Å²) >= 11 is 6.32. The minimum absolute atomic E-state index is 0.0490. The van der Waals surface area contributed by atoms with E-state index in [-0.39, 0.29) is 34.7 Å². The highest BCUT2D eigenvalue weighted by Crippen LogP contribution is 2.48. The average molecular weight is 411 g/mol. The van der Waals surface area contributed by atoms with E-state index in [1.54, 1.807) is 24.3 Å². The average Bonchev–Trinajstić information content (AvgIpc) is 3.33. The van der Waals surface area contributed by atoms with Gasteiger partial charge in [-0.15, -0.1) is 5.10 Å². The lowest BCUT2D eigenvalue weighted by atomic mass is 9.82. The molecule has 0 saturated heterocycles. The van der Waals surface area contributed by atoms with Crippen LogP contribution < -0.4 is 19.9 Å². The Hall–Kier alpha value is -3.70. The summed E-state index contributed by atoms with van der Waals surface area (Å²) in [5.74, 6) is -0.260. The van der Waals surface area contributed by atoms with Crippen LogP contribution in [0.4, 0.5) is 4.39 Å². The van der Waals surface area contributed by atoms with Crippen molar-refractivity contribution in [2.45, 2.75) is 5.92 Å². The number of fused-ring (bicyclic) bond motifs is 2. The molecule has 9 heteroatoms. The lowest BCUT2D eigenvalue weighted by molar-refractivity contribution is 0.174. The van der Waals surface area contributed by atoms with Gasteiger partial charge in [0.25, 0.3) is 0 Å². The molecule has 1 atom stereocenters. The number of aromatic amines is 1. The highest BCUT2D eigenvalue weighted by molar-refractivity contribution is 6.31. The molecule has 1 aromatic heterocycles. The van der Waals surface area contributed by atoms with Crippen LogP contribution in [0.3, 0.4) is 0 Å². The van der Waals surface area contributed by atoms with Gasteiger partial charge in [-0.2, -0.15) is 5.26 Å². The molecule has 0 unspecified atom stereocenters. The molecule has 29 heavy (non-hydrogen) atoms. The third-order valence-electron chi connectivity index (χ3n) is 4.89. The number of allylic oxidation sites excluding steroid dienone is 1. The van der Waals surface area contributed by atoms with Crippen LogP contribution in [0.25, 0.3) is 11.3 Å². The number of nitriles is 1. The van der Waals surface area contributed by atoms with E-state index in [4.69, 9.17) is 31.5 Å². The second-order valence-electron chi connectivity index (χ2n) is 6.45. The number of aromatic nitrogens is 2. The zero-order chi connectivity index (χ0) is 20.1. The fraction of sp³-hybridized carbons (Fsp3) is 0.100. The van der Waals surface area contributed by atoms with Gasteiger partial charge < -0.3 is 19.9 Å². The number of rotatable bonds is 2. The molecule has 144 valence electrons.